The molecule has 0 amide bonds. The van der Waals surface area contributed by atoms with Gasteiger partial charge < -0.3 is 10.5 Å². The first-order valence-corrected chi connectivity index (χ1v) is 6.08. The predicted molar refractivity (Wildman–Crippen MR) is 71.6 cm³/mol. The van der Waals surface area contributed by atoms with E-state index in [0.29, 0.717) is 0 Å². The Morgan fingerprint density at radius 2 is 2.11 bits per heavy atom. The normalized spacial score (nSPS) is 12.4. The van der Waals surface area contributed by atoms with E-state index in [2.05, 4.69) is 18.1 Å². The fourth-order valence-electron chi connectivity index (χ4n) is 2.09. The number of aryl methyl sites for hydroxylation is 2. The summed E-state index contributed by atoms with van der Waals surface area (Å²) in [4.78, 5) is 0. The van der Waals surface area contributed by atoms with Gasteiger partial charge in [0.1, 0.15) is 5.75 Å². The van der Waals surface area contributed by atoms with Crippen LogP contribution in [0.15, 0.2) is 30.3 Å². The maximum atomic E-state index is 6.32. The molecule has 0 radical (unpaired) electrons. The zero-order valence-corrected chi connectivity index (χ0v) is 11.1. The zero-order valence-electron chi connectivity index (χ0n) is 11.1. The minimum absolute atomic E-state index is 0.223. The Bertz CT molecular complexity index is 534. The summed E-state index contributed by atoms with van der Waals surface area (Å²) in [5.74, 6) is 0.809. The van der Waals surface area contributed by atoms with E-state index in [1.807, 2.05) is 36.0 Å². The van der Waals surface area contributed by atoms with Crippen molar-refractivity contribution in [2.75, 3.05) is 7.11 Å². The molecule has 2 rings (SSSR count). The van der Waals surface area contributed by atoms with E-state index in [1.54, 1.807) is 7.11 Å². The van der Waals surface area contributed by atoms with Gasteiger partial charge in [0.25, 0.3) is 0 Å². The third-order valence-corrected chi connectivity index (χ3v) is 3.12. The van der Waals surface area contributed by atoms with Crippen molar-refractivity contribution >= 4 is 0 Å². The van der Waals surface area contributed by atoms with Gasteiger partial charge in [0.05, 0.1) is 24.5 Å². The van der Waals surface area contributed by atoms with Crippen molar-refractivity contribution in [2.24, 2.45) is 12.8 Å². The molecule has 1 atom stereocenters. The largest absolute Gasteiger partial charge is 0.496 e. The van der Waals surface area contributed by atoms with Gasteiger partial charge in [-0.15, -0.1) is 0 Å². The van der Waals surface area contributed by atoms with Crippen molar-refractivity contribution in [3.8, 4) is 5.75 Å². The standard InChI is InChI=1S/C14H19N3O/c1-4-10-9-12(17(2)16-10)14(15)11-7-5-6-8-13(11)18-3/h5-9,14H,4,15H2,1-3H3. The Hall–Kier alpha value is -1.81. The van der Waals surface area contributed by atoms with Gasteiger partial charge in [-0.3, -0.25) is 4.68 Å². The molecule has 1 unspecified atom stereocenters. The van der Waals surface area contributed by atoms with E-state index < -0.39 is 0 Å². The smallest absolute Gasteiger partial charge is 0.124 e. The molecule has 96 valence electrons. The molecule has 0 spiro atoms. The molecule has 4 heteroatoms. The third kappa shape index (κ3) is 2.24. The van der Waals surface area contributed by atoms with Gasteiger partial charge in [-0.2, -0.15) is 5.10 Å². The molecule has 0 saturated carbocycles. The summed E-state index contributed by atoms with van der Waals surface area (Å²) in [6.07, 6.45) is 0.909. The molecule has 1 heterocycles. The second-order valence-electron chi connectivity index (χ2n) is 4.26. The Labute approximate surface area is 107 Å². The summed E-state index contributed by atoms with van der Waals surface area (Å²) < 4.78 is 7.19. The number of hydrogen-bond donors (Lipinski definition) is 1. The molecule has 2 aromatic rings. The number of nitrogens with two attached hydrogens (primary N) is 1. The van der Waals surface area contributed by atoms with Crippen LogP contribution in [0.2, 0.25) is 0 Å². The molecule has 0 saturated heterocycles. The quantitative estimate of drug-likeness (QED) is 0.896. The molecule has 0 fully saturated rings. The lowest BCUT2D eigenvalue weighted by Crippen LogP contribution is -2.16. The number of para-hydroxylation sites is 1. The van der Waals surface area contributed by atoms with Crippen molar-refractivity contribution in [1.82, 2.24) is 9.78 Å². The average molecular weight is 245 g/mol. The van der Waals surface area contributed by atoms with Crippen molar-refractivity contribution in [3.63, 3.8) is 0 Å². The molecule has 1 aromatic heterocycles. The van der Waals surface area contributed by atoms with Crippen molar-refractivity contribution in [1.29, 1.82) is 0 Å². The van der Waals surface area contributed by atoms with Gasteiger partial charge in [0.15, 0.2) is 0 Å². The van der Waals surface area contributed by atoms with E-state index in [0.717, 1.165) is 29.1 Å². The Morgan fingerprint density at radius 3 is 2.72 bits per heavy atom. The van der Waals surface area contributed by atoms with Gasteiger partial charge in [-0.25, -0.2) is 0 Å². The summed E-state index contributed by atoms with van der Waals surface area (Å²) in [7, 11) is 3.58. The van der Waals surface area contributed by atoms with Crippen LogP contribution >= 0.6 is 0 Å². The molecule has 4 nitrogen and oxygen atoms in total. The van der Waals surface area contributed by atoms with Crippen LogP contribution in [0.1, 0.15) is 29.9 Å². The van der Waals surface area contributed by atoms with Crippen LogP contribution < -0.4 is 10.5 Å². The number of hydrogen-bond acceptors (Lipinski definition) is 3. The monoisotopic (exact) mass is 245 g/mol. The Balaban J connectivity index is 2.40. The minimum Gasteiger partial charge on any atom is -0.496 e. The Kier molecular flexibility index (Phi) is 3.67. The van der Waals surface area contributed by atoms with Gasteiger partial charge in [0, 0.05) is 12.6 Å². The molecule has 0 aliphatic carbocycles. The van der Waals surface area contributed by atoms with Crippen LogP contribution in [0, 0.1) is 0 Å². The van der Waals surface area contributed by atoms with Crippen LogP contribution in [-0.4, -0.2) is 16.9 Å². The first-order valence-electron chi connectivity index (χ1n) is 6.08. The molecular formula is C14H19N3O. The fourth-order valence-corrected chi connectivity index (χ4v) is 2.09. The van der Waals surface area contributed by atoms with Crippen molar-refractivity contribution in [3.05, 3.63) is 47.3 Å². The van der Waals surface area contributed by atoms with Crippen LogP contribution in [0.25, 0.3) is 0 Å². The first kappa shape index (κ1) is 12.6. The molecule has 1 aromatic carbocycles. The first-order chi connectivity index (χ1) is 8.67. The second-order valence-corrected chi connectivity index (χ2v) is 4.26. The summed E-state index contributed by atoms with van der Waals surface area (Å²) in [5.41, 5.74) is 9.35. The number of nitrogens with zero attached hydrogens (tertiary/aromatic N) is 2. The summed E-state index contributed by atoms with van der Waals surface area (Å²) in [6.45, 7) is 2.08. The highest BCUT2D eigenvalue weighted by molar-refractivity contribution is 5.40. The molecule has 18 heavy (non-hydrogen) atoms. The van der Waals surface area contributed by atoms with E-state index in [9.17, 15) is 0 Å². The van der Waals surface area contributed by atoms with Gasteiger partial charge >= 0.3 is 0 Å². The van der Waals surface area contributed by atoms with Crippen LogP contribution in [0.4, 0.5) is 0 Å². The third-order valence-electron chi connectivity index (χ3n) is 3.12. The lowest BCUT2D eigenvalue weighted by Gasteiger charge is -2.15. The number of benzene rings is 1. The molecule has 0 aliphatic heterocycles. The fraction of sp³-hybridized carbons (Fsp3) is 0.357. The van der Waals surface area contributed by atoms with Crippen molar-refractivity contribution in [2.45, 2.75) is 19.4 Å². The summed E-state index contributed by atoms with van der Waals surface area (Å²) in [6, 6.07) is 9.65. The number of rotatable bonds is 4. The highest BCUT2D eigenvalue weighted by atomic mass is 16.5. The van der Waals surface area contributed by atoms with Crippen LogP contribution in [0.5, 0.6) is 5.75 Å². The Morgan fingerprint density at radius 1 is 1.39 bits per heavy atom. The highest BCUT2D eigenvalue weighted by Gasteiger charge is 2.17. The van der Waals surface area contributed by atoms with Gasteiger partial charge in [-0.1, -0.05) is 25.1 Å². The van der Waals surface area contributed by atoms with Gasteiger partial charge in [0.2, 0.25) is 0 Å². The lowest BCUT2D eigenvalue weighted by atomic mass is 10.0. The molecule has 0 aliphatic rings. The number of aromatic nitrogens is 2. The van der Waals surface area contributed by atoms with Crippen molar-refractivity contribution < 1.29 is 4.74 Å². The molecule has 0 bridgehead atoms. The predicted octanol–water partition coefficient (Wildman–Crippen LogP) is 2.04. The average Bonchev–Trinajstić information content (AvgIpc) is 2.79. The summed E-state index contributed by atoms with van der Waals surface area (Å²) >= 11 is 0. The van der Waals surface area contributed by atoms with E-state index in [-0.39, 0.29) is 6.04 Å². The van der Waals surface area contributed by atoms with E-state index in [4.69, 9.17) is 10.5 Å². The second kappa shape index (κ2) is 5.23. The summed E-state index contributed by atoms with van der Waals surface area (Å²) in [5, 5.41) is 4.43. The van der Waals surface area contributed by atoms with E-state index in [1.165, 1.54) is 0 Å². The van der Waals surface area contributed by atoms with Gasteiger partial charge in [-0.05, 0) is 18.6 Å². The van der Waals surface area contributed by atoms with E-state index >= 15 is 0 Å². The highest BCUT2D eigenvalue weighted by Crippen LogP contribution is 2.28. The maximum Gasteiger partial charge on any atom is 0.124 e. The molecule has 2 N–H and O–H groups in total. The lowest BCUT2D eigenvalue weighted by molar-refractivity contribution is 0.407. The SMILES string of the molecule is CCc1cc(C(N)c2ccccc2OC)n(C)n1. The topological polar surface area (TPSA) is 53.1 Å². The zero-order chi connectivity index (χ0) is 13.1. The number of ether oxygens (including phenoxy) is 1. The number of methoxy groups -OCH3 is 1. The van der Waals surface area contributed by atoms with Crippen LogP contribution in [-0.2, 0) is 13.5 Å². The van der Waals surface area contributed by atoms with Crippen LogP contribution in [0.3, 0.4) is 0 Å². The maximum absolute atomic E-state index is 6.32. The molecular weight excluding hydrogens is 226 g/mol. The minimum atomic E-state index is -0.223.